The van der Waals surface area contributed by atoms with Gasteiger partial charge in [0.1, 0.15) is 5.75 Å². The van der Waals surface area contributed by atoms with E-state index in [-0.39, 0.29) is 11.8 Å². The van der Waals surface area contributed by atoms with Gasteiger partial charge >= 0.3 is 0 Å². The third-order valence-electron chi connectivity index (χ3n) is 5.70. The number of ketones is 1. The highest BCUT2D eigenvalue weighted by atomic mass is 16.7. The van der Waals surface area contributed by atoms with Crippen molar-refractivity contribution in [2.45, 2.75) is 37.9 Å². The predicted molar refractivity (Wildman–Crippen MR) is 90.7 cm³/mol. The third kappa shape index (κ3) is 2.68. The van der Waals surface area contributed by atoms with E-state index in [0.29, 0.717) is 19.0 Å². The molecule has 1 heterocycles. The Bertz CT molecular complexity index is 640. The molecule has 0 bridgehead atoms. The van der Waals surface area contributed by atoms with Crippen LogP contribution in [0.25, 0.3) is 6.08 Å². The fourth-order valence-electron chi connectivity index (χ4n) is 4.54. The molecule has 4 nitrogen and oxygen atoms in total. The number of methoxy groups -OCH3 is 1. The van der Waals surface area contributed by atoms with Crippen LogP contribution in [0.1, 0.15) is 37.7 Å². The Hall–Kier alpha value is -1.65. The number of hydrogen-bond donors (Lipinski definition) is 0. The molecule has 2 aliphatic carbocycles. The number of ether oxygens (including phenoxy) is 3. The van der Waals surface area contributed by atoms with Crippen LogP contribution < -0.4 is 4.74 Å². The van der Waals surface area contributed by atoms with E-state index < -0.39 is 5.79 Å². The molecule has 0 amide bonds. The lowest BCUT2D eigenvalue weighted by molar-refractivity contribution is -0.227. The van der Waals surface area contributed by atoms with Gasteiger partial charge in [-0.1, -0.05) is 12.1 Å². The average molecular weight is 328 g/mol. The van der Waals surface area contributed by atoms with Gasteiger partial charge in [-0.05, 0) is 55.0 Å². The van der Waals surface area contributed by atoms with E-state index in [1.54, 1.807) is 7.11 Å². The SMILES string of the molecule is COc1ccc(/C=C2\CC[C@@H]3[C@@H](CCCC34OCCO4)C2=O)cc1. The maximum atomic E-state index is 13.0. The van der Waals surface area contributed by atoms with Crippen LogP contribution in [-0.4, -0.2) is 31.9 Å². The zero-order valence-electron chi connectivity index (χ0n) is 14.1. The molecular weight excluding hydrogens is 304 g/mol. The Kier molecular flexibility index (Phi) is 4.19. The topological polar surface area (TPSA) is 44.8 Å². The van der Waals surface area contributed by atoms with Crippen LogP contribution >= 0.6 is 0 Å². The molecule has 1 saturated heterocycles. The lowest BCUT2D eigenvalue weighted by atomic mass is 9.65. The number of Topliss-reactive ketones (excluding diaryl/α,β-unsaturated/α-hetero) is 1. The Morgan fingerprint density at radius 2 is 1.92 bits per heavy atom. The molecule has 4 rings (SSSR count). The van der Waals surface area contributed by atoms with Crippen molar-refractivity contribution in [3.05, 3.63) is 35.4 Å². The molecule has 1 aromatic carbocycles. The summed E-state index contributed by atoms with van der Waals surface area (Å²) in [6.45, 7) is 1.32. The van der Waals surface area contributed by atoms with Gasteiger partial charge in [-0.15, -0.1) is 0 Å². The summed E-state index contributed by atoms with van der Waals surface area (Å²) in [7, 11) is 1.66. The number of fused-ring (bicyclic) bond motifs is 2. The summed E-state index contributed by atoms with van der Waals surface area (Å²) >= 11 is 0. The maximum absolute atomic E-state index is 13.0. The quantitative estimate of drug-likeness (QED) is 0.778. The summed E-state index contributed by atoms with van der Waals surface area (Å²) in [4.78, 5) is 13.0. The second-order valence-corrected chi connectivity index (χ2v) is 6.96. The van der Waals surface area contributed by atoms with E-state index >= 15 is 0 Å². The minimum absolute atomic E-state index is 0.0510. The van der Waals surface area contributed by atoms with Gasteiger partial charge in [0.15, 0.2) is 11.6 Å². The van der Waals surface area contributed by atoms with Gasteiger partial charge in [-0.2, -0.15) is 0 Å². The zero-order valence-corrected chi connectivity index (χ0v) is 14.1. The van der Waals surface area contributed by atoms with Crippen molar-refractivity contribution < 1.29 is 19.0 Å². The highest BCUT2D eigenvalue weighted by Crippen LogP contribution is 2.49. The van der Waals surface area contributed by atoms with Gasteiger partial charge < -0.3 is 14.2 Å². The van der Waals surface area contributed by atoms with Gasteiger partial charge in [-0.3, -0.25) is 4.79 Å². The first-order valence-corrected chi connectivity index (χ1v) is 8.89. The minimum atomic E-state index is -0.482. The molecule has 128 valence electrons. The molecular formula is C20H24O4. The number of carbonyl (C=O) groups excluding carboxylic acids is 1. The summed E-state index contributed by atoms with van der Waals surface area (Å²) in [6.07, 6.45) is 6.70. The van der Waals surface area contributed by atoms with Crippen LogP contribution in [0.2, 0.25) is 0 Å². The van der Waals surface area contributed by atoms with Crippen LogP contribution in [0.3, 0.4) is 0 Å². The van der Waals surface area contributed by atoms with Crippen LogP contribution in [0.4, 0.5) is 0 Å². The minimum Gasteiger partial charge on any atom is -0.497 e. The van der Waals surface area contributed by atoms with Crippen molar-refractivity contribution in [1.82, 2.24) is 0 Å². The van der Waals surface area contributed by atoms with Crippen LogP contribution in [0.15, 0.2) is 29.8 Å². The maximum Gasteiger partial charge on any atom is 0.171 e. The van der Waals surface area contributed by atoms with E-state index in [0.717, 1.165) is 49.0 Å². The number of carbonyl (C=O) groups is 1. The normalized spacial score (nSPS) is 30.5. The van der Waals surface area contributed by atoms with Crippen LogP contribution in [0.5, 0.6) is 5.75 Å². The first kappa shape index (κ1) is 15.9. The van der Waals surface area contributed by atoms with Crippen molar-refractivity contribution in [3.63, 3.8) is 0 Å². The highest BCUT2D eigenvalue weighted by Gasteiger charge is 2.53. The summed E-state index contributed by atoms with van der Waals surface area (Å²) in [6, 6.07) is 7.85. The number of rotatable bonds is 2. The number of hydrogen-bond acceptors (Lipinski definition) is 4. The lowest BCUT2D eigenvalue weighted by Gasteiger charge is -2.46. The summed E-state index contributed by atoms with van der Waals surface area (Å²) < 4.78 is 17.1. The van der Waals surface area contributed by atoms with E-state index in [4.69, 9.17) is 14.2 Å². The molecule has 2 saturated carbocycles. The number of allylic oxidation sites excluding steroid dienone is 1. The molecule has 2 atom stereocenters. The van der Waals surface area contributed by atoms with Gasteiger partial charge in [0.05, 0.1) is 20.3 Å². The molecule has 0 N–H and O–H groups in total. The van der Waals surface area contributed by atoms with Gasteiger partial charge in [-0.25, -0.2) is 0 Å². The third-order valence-corrected chi connectivity index (χ3v) is 5.70. The second-order valence-electron chi connectivity index (χ2n) is 6.96. The molecule has 0 aromatic heterocycles. The first-order chi connectivity index (χ1) is 11.7. The smallest absolute Gasteiger partial charge is 0.171 e. The molecule has 24 heavy (non-hydrogen) atoms. The molecule has 0 radical (unpaired) electrons. The van der Waals surface area contributed by atoms with Gasteiger partial charge in [0, 0.05) is 18.3 Å². The van der Waals surface area contributed by atoms with E-state index in [1.807, 2.05) is 30.3 Å². The molecule has 3 fully saturated rings. The number of benzene rings is 1. The van der Waals surface area contributed by atoms with Crippen LogP contribution in [0, 0.1) is 11.8 Å². The molecule has 1 aliphatic heterocycles. The van der Waals surface area contributed by atoms with Crippen molar-refractivity contribution in [1.29, 1.82) is 0 Å². The predicted octanol–water partition coefficient (Wildman–Crippen LogP) is 3.60. The van der Waals surface area contributed by atoms with Crippen molar-refractivity contribution >= 4 is 11.9 Å². The highest BCUT2D eigenvalue weighted by molar-refractivity contribution is 6.02. The summed E-state index contributed by atoms with van der Waals surface area (Å²) in [5.41, 5.74) is 1.99. The zero-order chi connectivity index (χ0) is 16.6. The molecule has 4 heteroatoms. The van der Waals surface area contributed by atoms with E-state index in [9.17, 15) is 4.79 Å². The lowest BCUT2D eigenvalue weighted by Crippen LogP contribution is -2.50. The molecule has 1 aromatic rings. The Morgan fingerprint density at radius 1 is 1.17 bits per heavy atom. The van der Waals surface area contributed by atoms with E-state index in [2.05, 4.69) is 0 Å². The summed E-state index contributed by atoms with van der Waals surface area (Å²) in [5, 5.41) is 0. The standard InChI is InChI=1S/C20H24O4/c1-22-16-7-4-14(5-8-16)13-15-6-9-18-17(19(15)21)3-2-10-20(18)23-11-12-24-20/h4-5,7-8,13,17-18H,2-3,6,9-12H2,1H3/b15-13+/t17-,18-/m1/s1. The van der Waals surface area contributed by atoms with Crippen LogP contribution in [-0.2, 0) is 14.3 Å². The molecule has 1 spiro atoms. The fourth-order valence-corrected chi connectivity index (χ4v) is 4.54. The first-order valence-electron chi connectivity index (χ1n) is 8.89. The van der Waals surface area contributed by atoms with Gasteiger partial charge in [0.25, 0.3) is 0 Å². The monoisotopic (exact) mass is 328 g/mol. The Balaban J connectivity index is 1.56. The van der Waals surface area contributed by atoms with Crippen molar-refractivity contribution in [2.75, 3.05) is 20.3 Å². The molecule has 3 aliphatic rings. The van der Waals surface area contributed by atoms with Gasteiger partial charge in [0.2, 0.25) is 0 Å². The second kappa shape index (κ2) is 6.34. The van der Waals surface area contributed by atoms with Crippen molar-refractivity contribution in [3.8, 4) is 5.75 Å². The average Bonchev–Trinajstić information content (AvgIpc) is 3.08. The summed E-state index contributed by atoms with van der Waals surface area (Å²) in [5.74, 6) is 0.908. The largest absolute Gasteiger partial charge is 0.497 e. The van der Waals surface area contributed by atoms with E-state index in [1.165, 1.54) is 0 Å². The Labute approximate surface area is 142 Å². The van der Waals surface area contributed by atoms with Crippen molar-refractivity contribution in [2.24, 2.45) is 11.8 Å². The Morgan fingerprint density at radius 3 is 2.62 bits per heavy atom. The fraction of sp³-hybridized carbons (Fsp3) is 0.550. The molecule has 0 unspecified atom stereocenters.